The molecule has 2 aromatic carbocycles. The zero-order valence-electron chi connectivity index (χ0n) is 13.4. The van der Waals surface area contributed by atoms with Gasteiger partial charge in [-0.2, -0.15) is 10.2 Å². The van der Waals surface area contributed by atoms with E-state index in [0.717, 1.165) is 11.4 Å². The van der Waals surface area contributed by atoms with Crippen LogP contribution in [0.4, 0.5) is 17.1 Å². The summed E-state index contributed by atoms with van der Waals surface area (Å²) in [4.78, 5) is 24.1. The molecule has 0 saturated carbocycles. The molecule has 2 N–H and O–H groups in total. The molecule has 2 aromatic rings. The minimum atomic E-state index is -1.09. The topological polar surface area (TPSA) is 94.4 Å². The van der Waals surface area contributed by atoms with Crippen LogP contribution in [0.2, 0.25) is 0 Å². The lowest BCUT2D eigenvalue weighted by molar-refractivity contribution is -0.135. The standard InChI is InChI=1S/C17H18N4O3/c1-21(2)15-9-7-14(8-10-15)20-19-13-5-3-12(4-6-13)17(24)18-11-16(22)23/h3-10H,11H2,1-2H3,(H,18,24)(H,22,23). The van der Waals surface area contributed by atoms with Crippen molar-refractivity contribution in [2.45, 2.75) is 0 Å². The van der Waals surface area contributed by atoms with E-state index in [4.69, 9.17) is 5.11 Å². The molecule has 0 aliphatic heterocycles. The van der Waals surface area contributed by atoms with E-state index < -0.39 is 18.4 Å². The van der Waals surface area contributed by atoms with Gasteiger partial charge in [-0.3, -0.25) is 9.59 Å². The molecule has 0 spiro atoms. The van der Waals surface area contributed by atoms with Gasteiger partial charge in [-0.25, -0.2) is 0 Å². The van der Waals surface area contributed by atoms with Gasteiger partial charge >= 0.3 is 5.97 Å². The molecule has 0 unspecified atom stereocenters. The molecule has 0 fully saturated rings. The Balaban J connectivity index is 2.00. The molecule has 24 heavy (non-hydrogen) atoms. The van der Waals surface area contributed by atoms with Crippen molar-refractivity contribution in [3.8, 4) is 0 Å². The number of benzene rings is 2. The second-order valence-electron chi connectivity index (χ2n) is 5.23. The number of hydrogen-bond donors (Lipinski definition) is 2. The fourth-order valence-corrected chi connectivity index (χ4v) is 1.87. The largest absolute Gasteiger partial charge is 0.480 e. The summed E-state index contributed by atoms with van der Waals surface area (Å²) in [5.41, 5.74) is 2.77. The lowest BCUT2D eigenvalue weighted by Crippen LogP contribution is -2.29. The molecule has 2 rings (SSSR count). The van der Waals surface area contributed by atoms with Crippen LogP contribution in [0.5, 0.6) is 0 Å². The first-order valence-electron chi connectivity index (χ1n) is 7.25. The molecule has 0 saturated heterocycles. The van der Waals surface area contributed by atoms with E-state index in [1.54, 1.807) is 24.3 Å². The molecule has 7 nitrogen and oxygen atoms in total. The van der Waals surface area contributed by atoms with Gasteiger partial charge in [0.05, 0.1) is 11.4 Å². The van der Waals surface area contributed by atoms with Crippen LogP contribution < -0.4 is 10.2 Å². The average molecular weight is 326 g/mol. The number of rotatable bonds is 6. The Labute approximate surface area is 139 Å². The van der Waals surface area contributed by atoms with Crippen molar-refractivity contribution in [3.63, 3.8) is 0 Å². The van der Waals surface area contributed by atoms with Crippen molar-refractivity contribution in [3.05, 3.63) is 54.1 Å². The molecular formula is C17H18N4O3. The lowest BCUT2D eigenvalue weighted by Gasteiger charge is -2.11. The molecule has 0 radical (unpaired) electrons. The fourth-order valence-electron chi connectivity index (χ4n) is 1.87. The molecule has 0 aliphatic carbocycles. The van der Waals surface area contributed by atoms with E-state index in [9.17, 15) is 9.59 Å². The van der Waals surface area contributed by atoms with Gasteiger partial charge in [0, 0.05) is 25.3 Å². The average Bonchev–Trinajstić information content (AvgIpc) is 2.58. The predicted octanol–water partition coefficient (Wildman–Crippen LogP) is 2.98. The number of amides is 1. The summed E-state index contributed by atoms with van der Waals surface area (Å²) < 4.78 is 0. The molecule has 0 atom stereocenters. The number of nitrogens with one attached hydrogen (secondary N) is 1. The Kier molecular flexibility index (Phi) is 5.62. The molecule has 124 valence electrons. The molecule has 7 heteroatoms. The van der Waals surface area contributed by atoms with Crippen LogP contribution in [-0.4, -0.2) is 37.6 Å². The number of aliphatic carboxylic acids is 1. The first-order chi connectivity index (χ1) is 11.5. The highest BCUT2D eigenvalue weighted by Crippen LogP contribution is 2.21. The van der Waals surface area contributed by atoms with Gasteiger partial charge in [0.25, 0.3) is 5.91 Å². The van der Waals surface area contributed by atoms with E-state index in [1.807, 2.05) is 43.3 Å². The number of carboxylic acids is 1. The van der Waals surface area contributed by atoms with E-state index in [0.29, 0.717) is 11.3 Å². The van der Waals surface area contributed by atoms with Crippen LogP contribution in [-0.2, 0) is 4.79 Å². The highest BCUT2D eigenvalue weighted by atomic mass is 16.4. The summed E-state index contributed by atoms with van der Waals surface area (Å²) in [6.07, 6.45) is 0. The normalized spacial score (nSPS) is 10.6. The number of hydrogen-bond acceptors (Lipinski definition) is 5. The third-order valence-electron chi connectivity index (χ3n) is 3.18. The number of azo groups is 1. The minimum Gasteiger partial charge on any atom is -0.480 e. The van der Waals surface area contributed by atoms with Crippen LogP contribution in [0.1, 0.15) is 10.4 Å². The quantitative estimate of drug-likeness (QED) is 0.798. The number of anilines is 1. The maximum absolute atomic E-state index is 11.7. The van der Waals surface area contributed by atoms with Crippen LogP contribution in [0.25, 0.3) is 0 Å². The van der Waals surface area contributed by atoms with E-state index in [2.05, 4.69) is 15.5 Å². The summed E-state index contributed by atoms with van der Waals surface area (Å²) in [7, 11) is 3.93. The monoisotopic (exact) mass is 326 g/mol. The Morgan fingerprint density at radius 1 is 0.958 bits per heavy atom. The first-order valence-corrected chi connectivity index (χ1v) is 7.25. The molecule has 0 aromatic heterocycles. The van der Waals surface area contributed by atoms with Crippen LogP contribution in [0.15, 0.2) is 58.8 Å². The summed E-state index contributed by atoms with van der Waals surface area (Å²) >= 11 is 0. The molecular weight excluding hydrogens is 308 g/mol. The van der Waals surface area contributed by atoms with Crippen molar-refractivity contribution in [2.24, 2.45) is 10.2 Å². The minimum absolute atomic E-state index is 0.366. The highest BCUT2D eigenvalue weighted by molar-refractivity contribution is 5.95. The van der Waals surface area contributed by atoms with Crippen LogP contribution in [0.3, 0.4) is 0 Å². The van der Waals surface area contributed by atoms with Gasteiger partial charge in [-0.1, -0.05) is 0 Å². The Hall–Kier alpha value is -3.22. The summed E-state index contributed by atoms with van der Waals surface area (Å²) in [5, 5.41) is 19.1. The summed E-state index contributed by atoms with van der Waals surface area (Å²) in [6, 6.07) is 14.1. The summed E-state index contributed by atoms with van der Waals surface area (Å²) in [5.74, 6) is -1.53. The smallest absolute Gasteiger partial charge is 0.322 e. The number of carbonyl (C=O) groups is 2. The van der Waals surface area contributed by atoms with Gasteiger partial charge < -0.3 is 15.3 Å². The Morgan fingerprint density at radius 2 is 1.46 bits per heavy atom. The van der Waals surface area contributed by atoms with Gasteiger partial charge in [0.15, 0.2) is 0 Å². The van der Waals surface area contributed by atoms with Gasteiger partial charge in [0.1, 0.15) is 6.54 Å². The maximum Gasteiger partial charge on any atom is 0.322 e. The molecule has 1 amide bonds. The van der Waals surface area contributed by atoms with Crippen molar-refractivity contribution >= 4 is 28.9 Å². The fraction of sp³-hybridized carbons (Fsp3) is 0.176. The van der Waals surface area contributed by atoms with Crippen molar-refractivity contribution < 1.29 is 14.7 Å². The van der Waals surface area contributed by atoms with Crippen molar-refractivity contribution in [1.29, 1.82) is 0 Å². The zero-order chi connectivity index (χ0) is 17.5. The van der Waals surface area contributed by atoms with Crippen LogP contribution in [0, 0.1) is 0 Å². The van der Waals surface area contributed by atoms with E-state index >= 15 is 0 Å². The second kappa shape index (κ2) is 7.87. The van der Waals surface area contributed by atoms with E-state index in [-0.39, 0.29) is 0 Å². The lowest BCUT2D eigenvalue weighted by atomic mass is 10.2. The SMILES string of the molecule is CN(C)c1ccc(N=Nc2ccc(C(=O)NCC(=O)O)cc2)cc1. The highest BCUT2D eigenvalue weighted by Gasteiger charge is 2.06. The van der Waals surface area contributed by atoms with Crippen molar-refractivity contribution in [1.82, 2.24) is 5.32 Å². The van der Waals surface area contributed by atoms with Gasteiger partial charge in [-0.15, -0.1) is 0 Å². The third kappa shape index (κ3) is 4.91. The zero-order valence-corrected chi connectivity index (χ0v) is 13.4. The summed E-state index contributed by atoms with van der Waals surface area (Å²) in [6.45, 7) is -0.413. The van der Waals surface area contributed by atoms with E-state index in [1.165, 1.54) is 0 Å². The first kappa shape index (κ1) is 17.1. The van der Waals surface area contributed by atoms with Gasteiger partial charge in [0.2, 0.25) is 0 Å². The Bertz CT molecular complexity index is 737. The molecule has 0 aliphatic rings. The number of carbonyl (C=O) groups excluding carboxylic acids is 1. The van der Waals surface area contributed by atoms with Gasteiger partial charge in [-0.05, 0) is 48.5 Å². The van der Waals surface area contributed by atoms with Crippen molar-refractivity contribution in [2.75, 3.05) is 25.5 Å². The number of nitrogens with zero attached hydrogens (tertiary/aromatic N) is 3. The molecule has 0 heterocycles. The maximum atomic E-state index is 11.7. The Morgan fingerprint density at radius 3 is 1.92 bits per heavy atom. The number of carboxylic acid groups (broad SMARTS) is 1. The second-order valence-corrected chi connectivity index (χ2v) is 5.23. The van der Waals surface area contributed by atoms with Crippen LogP contribution >= 0.6 is 0 Å². The molecule has 0 bridgehead atoms. The predicted molar refractivity (Wildman–Crippen MR) is 91.4 cm³/mol. The third-order valence-corrected chi connectivity index (χ3v) is 3.18.